The monoisotopic (exact) mass is 380 g/mol. The molecule has 2 heterocycles. The summed E-state index contributed by atoms with van der Waals surface area (Å²) >= 11 is 5.91. The summed E-state index contributed by atoms with van der Waals surface area (Å²) in [5.41, 5.74) is 0.605. The van der Waals surface area contributed by atoms with Crippen LogP contribution in [0, 0.1) is 6.92 Å². The quantitative estimate of drug-likeness (QED) is 0.518. The van der Waals surface area contributed by atoms with Crippen molar-refractivity contribution in [1.29, 1.82) is 0 Å². The third-order valence-electron chi connectivity index (χ3n) is 3.85. The number of ether oxygens (including phenoxy) is 1. The van der Waals surface area contributed by atoms with E-state index in [4.69, 9.17) is 20.8 Å². The topological polar surface area (TPSA) is 85.5 Å². The van der Waals surface area contributed by atoms with Crippen molar-refractivity contribution in [1.82, 2.24) is 9.97 Å². The number of hydrogen-bond acceptors (Lipinski definition) is 6. The molecular formula is C20H13ClN2O4. The van der Waals surface area contributed by atoms with Crippen LogP contribution in [-0.2, 0) is 0 Å². The highest BCUT2D eigenvalue weighted by molar-refractivity contribution is 6.29. The molecule has 0 saturated carbocycles. The van der Waals surface area contributed by atoms with Gasteiger partial charge in [-0.05, 0) is 6.92 Å². The maximum Gasteiger partial charge on any atom is 0.224 e. The summed E-state index contributed by atoms with van der Waals surface area (Å²) in [6, 6.07) is 14.9. The minimum Gasteiger partial charge on any atom is -0.507 e. The second kappa shape index (κ2) is 6.74. The highest BCUT2D eigenvalue weighted by Crippen LogP contribution is 2.33. The fraction of sp³-hybridized carbons (Fsp3) is 0.0500. The maximum atomic E-state index is 12.5. The Bertz CT molecular complexity index is 1190. The van der Waals surface area contributed by atoms with Gasteiger partial charge in [0.05, 0.1) is 0 Å². The second-order valence-corrected chi connectivity index (χ2v) is 6.22. The van der Waals surface area contributed by atoms with E-state index in [1.54, 1.807) is 6.92 Å². The van der Waals surface area contributed by atoms with E-state index >= 15 is 0 Å². The van der Waals surface area contributed by atoms with Gasteiger partial charge in [-0.3, -0.25) is 4.79 Å². The normalized spacial score (nSPS) is 10.9. The number of halogens is 1. The molecule has 0 unspecified atom stereocenters. The van der Waals surface area contributed by atoms with Gasteiger partial charge in [-0.2, -0.15) is 4.98 Å². The van der Waals surface area contributed by atoms with Gasteiger partial charge in [-0.15, -0.1) is 0 Å². The first-order valence-corrected chi connectivity index (χ1v) is 8.43. The van der Waals surface area contributed by atoms with Gasteiger partial charge in [-0.25, -0.2) is 4.98 Å². The van der Waals surface area contributed by atoms with Crippen LogP contribution >= 0.6 is 11.6 Å². The number of hydrogen-bond donors (Lipinski definition) is 1. The number of phenols is 1. The largest absolute Gasteiger partial charge is 0.507 e. The van der Waals surface area contributed by atoms with Crippen molar-refractivity contribution in [3.05, 3.63) is 75.8 Å². The number of fused-ring (bicyclic) bond motifs is 1. The molecule has 1 N–H and O–H groups in total. The molecule has 0 spiro atoms. The fourth-order valence-electron chi connectivity index (χ4n) is 2.73. The molecule has 0 aliphatic heterocycles. The maximum absolute atomic E-state index is 12.5. The van der Waals surface area contributed by atoms with Crippen LogP contribution in [-0.4, -0.2) is 15.1 Å². The van der Waals surface area contributed by atoms with Crippen molar-refractivity contribution in [3.63, 3.8) is 0 Å². The standard InChI is InChI=1S/C20H13ClN2O4/c1-11-22-18(21)10-19(23-11)26-13-7-14(24)20-15(25)9-16(27-17(20)8-13)12-5-3-2-4-6-12/h2-10,24H,1H3. The van der Waals surface area contributed by atoms with E-state index in [9.17, 15) is 9.90 Å². The Balaban J connectivity index is 1.83. The van der Waals surface area contributed by atoms with Gasteiger partial charge < -0.3 is 14.3 Å². The van der Waals surface area contributed by atoms with Gasteiger partial charge in [-0.1, -0.05) is 41.9 Å². The lowest BCUT2D eigenvalue weighted by atomic mass is 10.1. The van der Waals surface area contributed by atoms with Gasteiger partial charge in [0.2, 0.25) is 5.88 Å². The Hall–Kier alpha value is -3.38. The number of nitrogens with zero attached hydrogens (tertiary/aromatic N) is 2. The third-order valence-corrected chi connectivity index (χ3v) is 4.04. The molecule has 0 saturated heterocycles. The molecule has 2 aromatic carbocycles. The first kappa shape index (κ1) is 17.1. The zero-order valence-corrected chi connectivity index (χ0v) is 14.9. The van der Waals surface area contributed by atoms with Gasteiger partial charge in [0, 0.05) is 29.8 Å². The van der Waals surface area contributed by atoms with E-state index in [1.807, 2.05) is 30.3 Å². The Morgan fingerprint density at radius 1 is 1.07 bits per heavy atom. The molecule has 27 heavy (non-hydrogen) atoms. The van der Waals surface area contributed by atoms with E-state index in [0.717, 1.165) is 5.56 Å². The van der Waals surface area contributed by atoms with Crippen LogP contribution in [0.3, 0.4) is 0 Å². The summed E-state index contributed by atoms with van der Waals surface area (Å²) < 4.78 is 11.5. The molecule has 0 atom stereocenters. The minimum absolute atomic E-state index is 0.0823. The summed E-state index contributed by atoms with van der Waals surface area (Å²) in [6.45, 7) is 1.68. The van der Waals surface area contributed by atoms with Crippen molar-refractivity contribution in [2.75, 3.05) is 0 Å². The van der Waals surface area contributed by atoms with Gasteiger partial charge in [0.1, 0.15) is 39.2 Å². The zero-order valence-electron chi connectivity index (χ0n) is 14.1. The second-order valence-electron chi connectivity index (χ2n) is 5.83. The van der Waals surface area contributed by atoms with Crippen molar-refractivity contribution < 1.29 is 14.3 Å². The van der Waals surface area contributed by atoms with E-state index in [0.29, 0.717) is 11.6 Å². The van der Waals surface area contributed by atoms with Gasteiger partial charge in [0.15, 0.2) is 5.43 Å². The highest BCUT2D eigenvalue weighted by atomic mass is 35.5. The molecule has 4 rings (SSSR count). The van der Waals surface area contributed by atoms with Crippen molar-refractivity contribution in [3.8, 4) is 28.7 Å². The molecule has 2 aromatic heterocycles. The molecule has 0 aliphatic rings. The first-order chi connectivity index (χ1) is 13.0. The lowest BCUT2D eigenvalue weighted by Crippen LogP contribution is -2.01. The molecule has 7 heteroatoms. The Morgan fingerprint density at radius 3 is 2.59 bits per heavy atom. The molecule has 134 valence electrons. The summed E-state index contributed by atoms with van der Waals surface area (Å²) in [5, 5.41) is 10.6. The number of benzene rings is 2. The fourth-order valence-corrected chi connectivity index (χ4v) is 2.94. The average Bonchev–Trinajstić information content (AvgIpc) is 2.61. The number of aromatic hydroxyl groups is 1. The lowest BCUT2D eigenvalue weighted by Gasteiger charge is -2.09. The minimum atomic E-state index is -0.347. The SMILES string of the molecule is Cc1nc(Cl)cc(Oc2cc(O)c3c(=O)cc(-c4ccccc4)oc3c2)n1. The van der Waals surface area contributed by atoms with Gasteiger partial charge >= 0.3 is 0 Å². The molecule has 0 radical (unpaired) electrons. The number of aromatic nitrogens is 2. The number of phenolic OH excluding ortho intramolecular Hbond substituents is 1. The lowest BCUT2D eigenvalue weighted by molar-refractivity contribution is 0.445. The number of aryl methyl sites for hydroxylation is 1. The Kier molecular flexibility index (Phi) is 4.25. The summed E-state index contributed by atoms with van der Waals surface area (Å²) in [4.78, 5) is 20.5. The van der Waals surface area contributed by atoms with Crippen molar-refractivity contribution >= 4 is 22.6 Å². The molecule has 0 bridgehead atoms. The van der Waals surface area contributed by atoms with Crippen LogP contribution in [0.15, 0.2) is 63.8 Å². The predicted molar refractivity (Wildman–Crippen MR) is 101 cm³/mol. The van der Waals surface area contributed by atoms with Crippen LogP contribution in [0.1, 0.15) is 5.82 Å². The summed E-state index contributed by atoms with van der Waals surface area (Å²) in [6.07, 6.45) is 0. The van der Waals surface area contributed by atoms with Crippen LogP contribution in [0.2, 0.25) is 5.15 Å². The third kappa shape index (κ3) is 3.47. The molecule has 0 fully saturated rings. The predicted octanol–water partition coefficient (Wildman–Crippen LogP) is 4.71. The van der Waals surface area contributed by atoms with E-state index in [1.165, 1.54) is 24.3 Å². The van der Waals surface area contributed by atoms with Crippen LogP contribution in [0.4, 0.5) is 0 Å². The molecule has 6 nitrogen and oxygen atoms in total. The average molecular weight is 381 g/mol. The van der Waals surface area contributed by atoms with Crippen molar-refractivity contribution in [2.24, 2.45) is 0 Å². The Morgan fingerprint density at radius 2 is 1.85 bits per heavy atom. The van der Waals surface area contributed by atoms with Crippen LogP contribution in [0.25, 0.3) is 22.3 Å². The van der Waals surface area contributed by atoms with E-state index < -0.39 is 0 Å². The highest BCUT2D eigenvalue weighted by Gasteiger charge is 2.14. The smallest absolute Gasteiger partial charge is 0.224 e. The van der Waals surface area contributed by atoms with Crippen molar-refractivity contribution in [2.45, 2.75) is 6.92 Å². The number of rotatable bonds is 3. The van der Waals surface area contributed by atoms with Gasteiger partial charge in [0.25, 0.3) is 0 Å². The van der Waals surface area contributed by atoms with E-state index in [2.05, 4.69) is 9.97 Å². The molecule has 0 amide bonds. The van der Waals surface area contributed by atoms with E-state index in [-0.39, 0.29) is 38.9 Å². The summed E-state index contributed by atoms with van der Waals surface area (Å²) in [5.74, 6) is 1.06. The van der Waals surface area contributed by atoms with Crippen LogP contribution < -0.4 is 10.2 Å². The first-order valence-electron chi connectivity index (χ1n) is 8.05. The molecular weight excluding hydrogens is 368 g/mol. The molecule has 0 aliphatic carbocycles. The molecule has 4 aromatic rings. The Labute approximate surface area is 158 Å². The van der Waals surface area contributed by atoms with Crippen LogP contribution in [0.5, 0.6) is 17.4 Å². The zero-order chi connectivity index (χ0) is 19.0. The summed E-state index contributed by atoms with van der Waals surface area (Å²) in [7, 11) is 0.